The van der Waals surface area contributed by atoms with E-state index in [1.165, 1.54) is 0 Å². The van der Waals surface area contributed by atoms with Gasteiger partial charge in [-0.25, -0.2) is 0 Å². The lowest BCUT2D eigenvalue weighted by molar-refractivity contribution is 0.134. The lowest BCUT2D eigenvalue weighted by Crippen LogP contribution is -2.29. The first-order chi connectivity index (χ1) is 5.91. The van der Waals surface area contributed by atoms with Crippen molar-refractivity contribution < 1.29 is 28.3 Å². The third-order valence-electron chi connectivity index (χ3n) is 1.54. The van der Waals surface area contributed by atoms with Crippen LogP contribution in [-0.4, -0.2) is 46.3 Å². The highest BCUT2D eigenvalue weighted by atomic mass is 32.2. The van der Waals surface area contributed by atoms with Crippen LogP contribution in [0.25, 0.3) is 0 Å². The minimum absolute atomic E-state index is 0.105. The molecule has 0 amide bonds. The van der Waals surface area contributed by atoms with Gasteiger partial charge in [-0.15, -0.1) is 0 Å². The van der Waals surface area contributed by atoms with Crippen LogP contribution in [0.15, 0.2) is 0 Å². The summed E-state index contributed by atoms with van der Waals surface area (Å²) in [6, 6.07) is 0. The first-order valence-corrected chi connectivity index (χ1v) is 5.13. The fourth-order valence-corrected chi connectivity index (χ4v) is 1.47. The zero-order valence-electron chi connectivity index (χ0n) is 6.87. The van der Waals surface area contributed by atoms with E-state index in [0.717, 1.165) is 0 Å². The van der Waals surface area contributed by atoms with Gasteiger partial charge in [0.25, 0.3) is 10.1 Å². The fraction of sp³-hybridized carbons (Fsp3) is 0.833. The molecule has 0 aliphatic rings. The molecule has 0 saturated heterocycles. The van der Waals surface area contributed by atoms with E-state index in [1.807, 2.05) is 0 Å². The third kappa shape index (κ3) is 5.17. The number of hydrogen-bond donors (Lipinski definition) is 4. The Bertz CT molecular complexity index is 223. The van der Waals surface area contributed by atoms with Gasteiger partial charge in [0, 0.05) is 6.42 Å². The average molecular weight is 213 g/mol. The van der Waals surface area contributed by atoms with E-state index in [9.17, 15) is 8.42 Å². The SMILES string of the molecule is O=S(=O)(O)C(CO)CC(O)C[CH]O. The quantitative estimate of drug-likeness (QED) is 0.417. The summed E-state index contributed by atoms with van der Waals surface area (Å²) in [6.07, 6.45) is -1.51. The molecular weight excluding hydrogens is 200 g/mol. The smallest absolute Gasteiger partial charge is 0.270 e. The van der Waals surface area contributed by atoms with E-state index in [0.29, 0.717) is 6.61 Å². The number of aliphatic hydroxyl groups excluding tert-OH is 3. The number of aliphatic hydroxyl groups is 3. The molecule has 0 aliphatic carbocycles. The Morgan fingerprint density at radius 2 is 1.92 bits per heavy atom. The largest absolute Gasteiger partial charge is 0.395 e. The molecular formula is C6H13O6S. The molecule has 0 spiro atoms. The van der Waals surface area contributed by atoms with E-state index in [-0.39, 0.29) is 12.8 Å². The van der Waals surface area contributed by atoms with E-state index in [1.54, 1.807) is 0 Å². The second-order valence-electron chi connectivity index (χ2n) is 2.63. The van der Waals surface area contributed by atoms with Crippen molar-refractivity contribution in [2.45, 2.75) is 24.2 Å². The Morgan fingerprint density at radius 3 is 2.23 bits per heavy atom. The third-order valence-corrected chi connectivity index (χ3v) is 2.72. The lowest BCUT2D eigenvalue weighted by atomic mass is 10.1. The monoisotopic (exact) mass is 213 g/mol. The fourth-order valence-electron chi connectivity index (χ4n) is 0.812. The molecule has 13 heavy (non-hydrogen) atoms. The Hall–Kier alpha value is -0.210. The van der Waals surface area contributed by atoms with Crippen molar-refractivity contribution in [3.05, 3.63) is 6.61 Å². The van der Waals surface area contributed by atoms with Crippen LogP contribution < -0.4 is 0 Å². The van der Waals surface area contributed by atoms with Crippen molar-refractivity contribution in [3.63, 3.8) is 0 Å². The lowest BCUT2D eigenvalue weighted by Gasteiger charge is -2.14. The van der Waals surface area contributed by atoms with Crippen molar-refractivity contribution in [3.8, 4) is 0 Å². The molecule has 0 heterocycles. The molecule has 0 aromatic carbocycles. The van der Waals surface area contributed by atoms with Crippen LogP contribution in [0.5, 0.6) is 0 Å². The highest BCUT2D eigenvalue weighted by Crippen LogP contribution is 2.09. The molecule has 7 heteroatoms. The predicted molar refractivity (Wildman–Crippen MR) is 43.9 cm³/mol. The molecule has 0 aromatic rings. The molecule has 6 nitrogen and oxygen atoms in total. The Morgan fingerprint density at radius 1 is 1.38 bits per heavy atom. The number of hydrogen-bond acceptors (Lipinski definition) is 5. The maximum absolute atomic E-state index is 10.5. The Kier molecular flexibility index (Phi) is 5.42. The van der Waals surface area contributed by atoms with Gasteiger partial charge in [0.1, 0.15) is 5.25 Å². The van der Waals surface area contributed by atoms with Crippen LogP contribution in [0.3, 0.4) is 0 Å². The van der Waals surface area contributed by atoms with Gasteiger partial charge in [-0.1, -0.05) is 0 Å². The average Bonchev–Trinajstić information content (AvgIpc) is 1.98. The molecule has 4 N–H and O–H groups in total. The van der Waals surface area contributed by atoms with Gasteiger partial charge in [0.05, 0.1) is 19.3 Å². The summed E-state index contributed by atoms with van der Waals surface area (Å²) in [6.45, 7) is -0.0790. The van der Waals surface area contributed by atoms with Gasteiger partial charge in [-0.05, 0) is 6.42 Å². The zero-order chi connectivity index (χ0) is 10.5. The molecule has 0 bridgehead atoms. The standard InChI is InChI=1S/C6H13O6S/c7-2-1-5(9)3-6(4-8)13(10,11)12/h2,5-9H,1,3-4H2,(H,10,11,12). The minimum atomic E-state index is -4.33. The van der Waals surface area contributed by atoms with Crippen molar-refractivity contribution in [2.24, 2.45) is 0 Å². The molecule has 79 valence electrons. The molecule has 2 unspecified atom stereocenters. The van der Waals surface area contributed by atoms with Gasteiger partial charge in [0.2, 0.25) is 0 Å². The topological polar surface area (TPSA) is 115 Å². The van der Waals surface area contributed by atoms with Crippen molar-refractivity contribution in [2.75, 3.05) is 6.61 Å². The summed E-state index contributed by atoms with van der Waals surface area (Å²) in [5, 5.41) is 24.5. The second-order valence-corrected chi connectivity index (χ2v) is 4.32. The van der Waals surface area contributed by atoms with Gasteiger partial charge in [0.15, 0.2) is 0 Å². The van der Waals surface area contributed by atoms with Crippen LogP contribution in [-0.2, 0) is 10.1 Å². The summed E-state index contributed by atoms with van der Waals surface area (Å²) in [4.78, 5) is 0. The summed E-state index contributed by atoms with van der Waals surface area (Å²) in [5.74, 6) is 0. The first kappa shape index (κ1) is 12.8. The Labute approximate surface area is 76.6 Å². The Balaban J connectivity index is 4.14. The highest BCUT2D eigenvalue weighted by molar-refractivity contribution is 7.86. The maximum Gasteiger partial charge on any atom is 0.270 e. The molecule has 2 atom stereocenters. The summed E-state index contributed by atoms with van der Waals surface area (Å²) in [7, 11) is -4.33. The van der Waals surface area contributed by atoms with Gasteiger partial charge >= 0.3 is 0 Å². The molecule has 0 saturated carbocycles. The van der Waals surface area contributed by atoms with E-state index in [4.69, 9.17) is 19.9 Å². The van der Waals surface area contributed by atoms with E-state index < -0.39 is 28.1 Å². The van der Waals surface area contributed by atoms with Crippen LogP contribution >= 0.6 is 0 Å². The number of rotatable bonds is 6. The molecule has 0 fully saturated rings. The van der Waals surface area contributed by atoms with Crippen LogP contribution in [0.4, 0.5) is 0 Å². The molecule has 0 aliphatic heterocycles. The van der Waals surface area contributed by atoms with Crippen LogP contribution in [0.2, 0.25) is 0 Å². The van der Waals surface area contributed by atoms with Crippen LogP contribution in [0, 0.1) is 6.61 Å². The summed E-state index contributed by atoms with van der Waals surface area (Å²) >= 11 is 0. The maximum atomic E-state index is 10.5. The predicted octanol–water partition coefficient (Wildman–Crippen LogP) is -1.09. The minimum Gasteiger partial charge on any atom is -0.395 e. The van der Waals surface area contributed by atoms with Gasteiger partial charge in [-0.3, -0.25) is 4.55 Å². The van der Waals surface area contributed by atoms with Gasteiger partial charge in [-0.2, -0.15) is 8.42 Å². The molecule has 1 radical (unpaired) electrons. The van der Waals surface area contributed by atoms with E-state index >= 15 is 0 Å². The highest BCUT2D eigenvalue weighted by Gasteiger charge is 2.24. The summed E-state index contributed by atoms with van der Waals surface area (Å²) in [5.41, 5.74) is 0. The van der Waals surface area contributed by atoms with Crippen LogP contribution in [0.1, 0.15) is 12.8 Å². The molecule has 0 rings (SSSR count). The van der Waals surface area contributed by atoms with Crippen molar-refractivity contribution in [1.82, 2.24) is 0 Å². The normalized spacial score (nSPS) is 16.9. The summed E-state index contributed by atoms with van der Waals surface area (Å²) < 4.78 is 29.6. The van der Waals surface area contributed by atoms with Crippen molar-refractivity contribution in [1.29, 1.82) is 0 Å². The molecule has 0 aromatic heterocycles. The van der Waals surface area contributed by atoms with Gasteiger partial charge < -0.3 is 15.3 Å². The van der Waals surface area contributed by atoms with E-state index in [2.05, 4.69) is 0 Å². The first-order valence-electron chi connectivity index (χ1n) is 3.63. The second kappa shape index (κ2) is 5.51. The zero-order valence-corrected chi connectivity index (χ0v) is 7.68. The van der Waals surface area contributed by atoms with Crippen molar-refractivity contribution >= 4 is 10.1 Å².